The molecule has 0 aromatic heterocycles. The second-order valence-corrected chi connectivity index (χ2v) is 6.32. The van der Waals surface area contributed by atoms with Gasteiger partial charge in [-0.3, -0.25) is 19.2 Å². The number of thioether (sulfide) groups is 1. The van der Waals surface area contributed by atoms with Gasteiger partial charge in [-0.2, -0.15) is 11.8 Å². The third kappa shape index (κ3) is 6.54. The highest BCUT2D eigenvalue weighted by molar-refractivity contribution is 7.99. The highest BCUT2D eigenvalue weighted by atomic mass is 32.2. The van der Waals surface area contributed by atoms with E-state index in [-0.39, 0.29) is 6.61 Å². The van der Waals surface area contributed by atoms with Crippen molar-refractivity contribution in [2.24, 2.45) is 0 Å². The van der Waals surface area contributed by atoms with Gasteiger partial charge < -0.3 is 23.7 Å². The molecule has 1 rings (SSSR count). The number of hydrogen-bond donors (Lipinski definition) is 0. The fourth-order valence-corrected chi connectivity index (χ4v) is 3.20. The summed E-state index contributed by atoms with van der Waals surface area (Å²) in [6.45, 7) is 4.56. The molecule has 142 valence electrons. The molecule has 0 bridgehead atoms. The Hall–Kier alpha value is -1.81. The summed E-state index contributed by atoms with van der Waals surface area (Å²) >= 11 is 1.22. The van der Waals surface area contributed by atoms with Crippen LogP contribution < -0.4 is 0 Å². The maximum absolute atomic E-state index is 11.5. The Kier molecular flexibility index (Phi) is 8.17. The van der Waals surface area contributed by atoms with Crippen LogP contribution in [0.3, 0.4) is 0 Å². The van der Waals surface area contributed by atoms with Gasteiger partial charge in [0.25, 0.3) is 0 Å². The highest BCUT2D eigenvalue weighted by Gasteiger charge is 2.51. The fraction of sp³-hybridized carbons (Fsp3) is 0.733. The summed E-state index contributed by atoms with van der Waals surface area (Å²) < 4.78 is 26.3. The summed E-state index contributed by atoms with van der Waals surface area (Å²) in [5.74, 6) is -2.38. The first-order valence-corrected chi connectivity index (χ1v) is 8.77. The first-order valence-electron chi connectivity index (χ1n) is 7.49. The zero-order chi connectivity index (χ0) is 19.1. The number of carbonyl (C=O) groups excluding carboxylic acids is 4. The van der Waals surface area contributed by atoms with Gasteiger partial charge in [0, 0.05) is 27.7 Å². The van der Waals surface area contributed by atoms with Crippen molar-refractivity contribution < 1.29 is 42.9 Å². The van der Waals surface area contributed by atoms with Crippen molar-refractivity contribution in [2.45, 2.75) is 57.5 Å². The largest absolute Gasteiger partial charge is 0.463 e. The lowest BCUT2D eigenvalue weighted by molar-refractivity contribution is -0.256. The Bertz CT molecular complexity index is 521. The molecule has 10 heteroatoms. The lowest BCUT2D eigenvalue weighted by Gasteiger charge is -2.43. The Labute approximate surface area is 149 Å². The molecule has 0 amide bonds. The average molecular weight is 378 g/mol. The molecule has 5 atom stereocenters. The van der Waals surface area contributed by atoms with Crippen molar-refractivity contribution in [2.75, 3.05) is 12.9 Å². The van der Waals surface area contributed by atoms with Gasteiger partial charge in [0.2, 0.25) is 6.29 Å². The summed E-state index contributed by atoms with van der Waals surface area (Å²) in [6.07, 6.45) is -2.30. The van der Waals surface area contributed by atoms with Crippen LogP contribution >= 0.6 is 11.8 Å². The minimum atomic E-state index is -1.07. The van der Waals surface area contributed by atoms with Gasteiger partial charge in [-0.05, 0) is 6.26 Å². The maximum atomic E-state index is 11.5. The summed E-state index contributed by atoms with van der Waals surface area (Å²) in [6, 6.07) is 0. The smallest absolute Gasteiger partial charge is 0.304 e. The van der Waals surface area contributed by atoms with Crippen LogP contribution in [-0.2, 0) is 42.9 Å². The van der Waals surface area contributed by atoms with E-state index in [1.807, 2.05) is 0 Å². The Balaban J connectivity index is 3.16. The molecule has 0 aromatic carbocycles. The quantitative estimate of drug-likeness (QED) is 0.476. The Morgan fingerprint density at radius 3 is 1.80 bits per heavy atom. The topological polar surface area (TPSA) is 114 Å². The van der Waals surface area contributed by atoms with E-state index in [1.54, 1.807) is 6.26 Å². The summed E-state index contributed by atoms with van der Waals surface area (Å²) in [5, 5.41) is -0.634. The lowest BCUT2D eigenvalue weighted by atomic mass is 10.0. The second-order valence-electron chi connectivity index (χ2n) is 5.30. The zero-order valence-electron chi connectivity index (χ0n) is 14.7. The summed E-state index contributed by atoms with van der Waals surface area (Å²) in [7, 11) is 0. The summed E-state index contributed by atoms with van der Waals surface area (Å²) in [5.41, 5.74) is 0. The minimum absolute atomic E-state index is 0.260. The molecular formula is C15H22O9S. The first-order chi connectivity index (χ1) is 11.6. The lowest BCUT2D eigenvalue weighted by Crippen LogP contribution is -2.61. The van der Waals surface area contributed by atoms with Crippen molar-refractivity contribution in [3.63, 3.8) is 0 Å². The Morgan fingerprint density at radius 1 is 0.840 bits per heavy atom. The third-order valence-electron chi connectivity index (χ3n) is 3.20. The minimum Gasteiger partial charge on any atom is -0.463 e. The van der Waals surface area contributed by atoms with Crippen LogP contribution in [0.15, 0.2) is 0 Å². The zero-order valence-corrected chi connectivity index (χ0v) is 15.5. The monoisotopic (exact) mass is 378 g/mol. The van der Waals surface area contributed by atoms with Gasteiger partial charge >= 0.3 is 23.9 Å². The molecular weight excluding hydrogens is 356 g/mol. The standard InChI is InChI=1S/C15H22O9S/c1-7(16)20-6-11-12(21-8(2)17)13(22-9(3)18)14(25-5)15(24-11)23-10(4)19/h11-15H,6H2,1-5H3. The molecule has 5 unspecified atom stereocenters. The van der Waals surface area contributed by atoms with Gasteiger partial charge in [0.15, 0.2) is 12.2 Å². The maximum Gasteiger partial charge on any atom is 0.304 e. The molecule has 1 heterocycles. The van der Waals surface area contributed by atoms with Gasteiger partial charge in [-0.15, -0.1) is 0 Å². The Morgan fingerprint density at radius 2 is 1.36 bits per heavy atom. The molecule has 0 radical (unpaired) electrons. The summed E-state index contributed by atoms with van der Waals surface area (Å²) in [4.78, 5) is 45.4. The molecule has 0 spiro atoms. The van der Waals surface area contributed by atoms with Crippen LogP contribution in [0, 0.1) is 0 Å². The van der Waals surface area contributed by atoms with E-state index in [4.69, 9.17) is 23.7 Å². The first kappa shape index (κ1) is 21.2. The molecule has 1 fully saturated rings. The van der Waals surface area contributed by atoms with Gasteiger partial charge in [0.05, 0.1) is 0 Å². The van der Waals surface area contributed by atoms with E-state index in [1.165, 1.54) is 39.5 Å². The molecule has 1 aliphatic rings. The van der Waals surface area contributed by atoms with Gasteiger partial charge in [-0.1, -0.05) is 0 Å². The van der Waals surface area contributed by atoms with Crippen molar-refractivity contribution in [1.29, 1.82) is 0 Å². The van der Waals surface area contributed by atoms with E-state index >= 15 is 0 Å². The normalized spacial score (nSPS) is 28.6. The number of esters is 4. The van der Waals surface area contributed by atoms with Crippen LogP contribution in [0.2, 0.25) is 0 Å². The van der Waals surface area contributed by atoms with Gasteiger partial charge in [0.1, 0.15) is 18.0 Å². The molecule has 25 heavy (non-hydrogen) atoms. The van der Waals surface area contributed by atoms with Crippen LogP contribution in [-0.4, -0.2) is 66.6 Å². The van der Waals surface area contributed by atoms with Crippen molar-refractivity contribution in [3.8, 4) is 0 Å². The van der Waals surface area contributed by atoms with E-state index in [2.05, 4.69) is 0 Å². The predicted octanol–water partition coefficient (Wildman–Crippen LogP) is 0.432. The predicted molar refractivity (Wildman–Crippen MR) is 85.5 cm³/mol. The molecule has 9 nitrogen and oxygen atoms in total. The van der Waals surface area contributed by atoms with Gasteiger partial charge in [-0.25, -0.2) is 0 Å². The second kappa shape index (κ2) is 9.62. The SMILES string of the molecule is CSC1C(OC(C)=O)OC(COC(C)=O)C(OC(C)=O)C1OC(C)=O. The van der Waals surface area contributed by atoms with Crippen molar-refractivity contribution >= 4 is 35.6 Å². The van der Waals surface area contributed by atoms with Crippen LogP contribution in [0.25, 0.3) is 0 Å². The number of carbonyl (C=O) groups is 4. The van der Waals surface area contributed by atoms with E-state index < -0.39 is 53.7 Å². The third-order valence-corrected chi connectivity index (χ3v) is 4.24. The number of ether oxygens (including phenoxy) is 5. The van der Waals surface area contributed by atoms with E-state index in [0.29, 0.717) is 0 Å². The molecule has 0 aromatic rings. The van der Waals surface area contributed by atoms with E-state index in [9.17, 15) is 19.2 Å². The van der Waals surface area contributed by atoms with Crippen LogP contribution in [0.5, 0.6) is 0 Å². The van der Waals surface area contributed by atoms with Crippen molar-refractivity contribution in [1.82, 2.24) is 0 Å². The van der Waals surface area contributed by atoms with Crippen LogP contribution in [0.4, 0.5) is 0 Å². The number of hydrogen-bond acceptors (Lipinski definition) is 10. The van der Waals surface area contributed by atoms with Crippen LogP contribution in [0.1, 0.15) is 27.7 Å². The van der Waals surface area contributed by atoms with E-state index in [0.717, 1.165) is 0 Å². The van der Waals surface area contributed by atoms with Crippen molar-refractivity contribution in [3.05, 3.63) is 0 Å². The average Bonchev–Trinajstić information content (AvgIpc) is 2.46. The molecule has 0 saturated carbocycles. The molecule has 0 aliphatic carbocycles. The number of rotatable bonds is 6. The fourth-order valence-electron chi connectivity index (χ4n) is 2.38. The highest BCUT2D eigenvalue weighted by Crippen LogP contribution is 2.33. The molecule has 1 saturated heterocycles. The molecule has 0 N–H and O–H groups in total. The molecule has 1 aliphatic heterocycles.